The maximum Gasteiger partial charge on any atom is 0.220 e. The van der Waals surface area contributed by atoms with Gasteiger partial charge in [-0.2, -0.15) is 0 Å². The van der Waals surface area contributed by atoms with Crippen LogP contribution in [0.4, 0.5) is 0 Å². The number of aliphatic hydroxyl groups excluding tert-OH is 1. The molecule has 0 fully saturated rings. The van der Waals surface area contributed by atoms with Crippen molar-refractivity contribution in [2.75, 3.05) is 6.54 Å². The van der Waals surface area contributed by atoms with Gasteiger partial charge in [0.25, 0.3) is 0 Å². The lowest BCUT2D eigenvalue weighted by Gasteiger charge is -2.14. The van der Waals surface area contributed by atoms with Crippen molar-refractivity contribution in [1.82, 2.24) is 10.5 Å². The molecular weight excluding hydrogens is 292 g/mol. The van der Waals surface area contributed by atoms with Crippen LogP contribution in [0, 0.1) is 13.8 Å². The van der Waals surface area contributed by atoms with E-state index in [-0.39, 0.29) is 18.4 Å². The molecule has 2 N–H and O–H groups in total. The Hall–Kier alpha value is -2.14. The number of aryl methyl sites for hydroxylation is 2. The maximum atomic E-state index is 12.1. The van der Waals surface area contributed by atoms with Gasteiger partial charge >= 0.3 is 0 Å². The maximum absolute atomic E-state index is 12.1. The summed E-state index contributed by atoms with van der Waals surface area (Å²) < 4.78 is 5.14. The Morgan fingerprint density at radius 1 is 1.30 bits per heavy atom. The van der Waals surface area contributed by atoms with Gasteiger partial charge in [-0.05, 0) is 25.3 Å². The molecule has 1 heterocycles. The predicted octanol–water partition coefficient (Wildman–Crippen LogP) is 2.50. The van der Waals surface area contributed by atoms with Crippen LogP contribution in [0.1, 0.15) is 41.8 Å². The number of carbonyl (C=O) groups is 1. The van der Waals surface area contributed by atoms with Gasteiger partial charge < -0.3 is 14.9 Å². The Labute approximate surface area is 136 Å². The highest BCUT2D eigenvalue weighted by atomic mass is 16.5. The van der Waals surface area contributed by atoms with E-state index in [4.69, 9.17) is 4.52 Å². The molecule has 0 aliphatic carbocycles. The summed E-state index contributed by atoms with van der Waals surface area (Å²) in [6.07, 6.45) is 0.289. The van der Waals surface area contributed by atoms with E-state index in [2.05, 4.69) is 10.5 Å². The molecular formula is C18H24N2O3. The third-order valence-electron chi connectivity index (χ3n) is 3.92. The average Bonchev–Trinajstić information content (AvgIpc) is 2.85. The first-order valence-corrected chi connectivity index (χ1v) is 7.88. The lowest BCUT2D eigenvalue weighted by Crippen LogP contribution is -2.33. The molecule has 2 unspecified atom stereocenters. The van der Waals surface area contributed by atoms with E-state index >= 15 is 0 Å². The van der Waals surface area contributed by atoms with Crippen molar-refractivity contribution < 1.29 is 14.4 Å². The van der Waals surface area contributed by atoms with E-state index < -0.39 is 6.10 Å². The minimum atomic E-state index is -0.587. The fraction of sp³-hybridized carbons (Fsp3) is 0.444. The Balaban J connectivity index is 1.79. The molecule has 0 saturated carbocycles. The van der Waals surface area contributed by atoms with Gasteiger partial charge in [0.2, 0.25) is 5.91 Å². The Bertz CT molecular complexity index is 617. The molecule has 0 spiro atoms. The van der Waals surface area contributed by atoms with Crippen molar-refractivity contribution in [3.63, 3.8) is 0 Å². The van der Waals surface area contributed by atoms with Crippen LogP contribution in [0.25, 0.3) is 0 Å². The Morgan fingerprint density at radius 3 is 2.61 bits per heavy atom. The van der Waals surface area contributed by atoms with E-state index in [9.17, 15) is 9.90 Å². The van der Waals surface area contributed by atoms with Crippen LogP contribution in [0.2, 0.25) is 0 Å². The van der Waals surface area contributed by atoms with Gasteiger partial charge in [0.1, 0.15) is 5.76 Å². The number of hydrogen-bond donors (Lipinski definition) is 2. The predicted molar refractivity (Wildman–Crippen MR) is 88.2 cm³/mol. The van der Waals surface area contributed by atoms with Gasteiger partial charge in [0.15, 0.2) is 0 Å². The Kier molecular flexibility index (Phi) is 5.93. The van der Waals surface area contributed by atoms with E-state index in [1.807, 2.05) is 51.1 Å². The van der Waals surface area contributed by atoms with Crippen LogP contribution < -0.4 is 5.32 Å². The smallest absolute Gasteiger partial charge is 0.220 e. The summed E-state index contributed by atoms with van der Waals surface area (Å²) in [5.74, 6) is 0.712. The zero-order valence-corrected chi connectivity index (χ0v) is 13.9. The number of aliphatic hydroxyl groups is 1. The summed E-state index contributed by atoms with van der Waals surface area (Å²) in [6.45, 7) is 5.96. The number of benzene rings is 1. The number of rotatable bonds is 7. The third kappa shape index (κ3) is 4.93. The minimum absolute atomic E-state index is 0.0347. The van der Waals surface area contributed by atoms with Crippen molar-refractivity contribution in [2.24, 2.45) is 0 Å². The van der Waals surface area contributed by atoms with E-state index in [1.54, 1.807) is 0 Å². The highest BCUT2D eigenvalue weighted by Crippen LogP contribution is 2.25. The monoisotopic (exact) mass is 316 g/mol. The van der Waals surface area contributed by atoms with Crippen molar-refractivity contribution in [2.45, 2.75) is 45.6 Å². The number of amides is 1. The van der Waals surface area contributed by atoms with E-state index in [1.165, 1.54) is 0 Å². The quantitative estimate of drug-likeness (QED) is 0.823. The summed E-state index contributed by atoms with van der Waals surface area (Å²) in [4.78, 5) is 12.1. The molecule has 2 atom stereocenters. The first-order chi connectivity index (χ1) is 11.0. The van der Waals surface area contributed by atoms with Gasteiger partial charge in [-0.15, -0.1) is 0 Å². The van der Waals surface area contributed by atoms with Crippen LogP contribution in [0.5, 0.6) is 0 Å². The highest BCUT2D eigenvalue weighted by Gasteiger charge is 2.19. The van der Waals surface area contributed by atoms with Crippen LogP contribution >= 0.6 is 0 Å². The molecule has 0 radical (unpaired) electrons. The minimum Gasteiger partial charge on any atom is -0.391 e. The summed E-state index contributed by atoms with van der Waals surface area (Å²) in [7, 11) is 0. The Morgan fingerprint density at radius 2 is 2.00 bits per heavy atom. The SMILES string of the molecule is Cc1noc(C)c1C(C)CC(=O)NCC(O)Cc1ccccc1. The summed E-state index contributed by atoms with van der Waals surface area (Å²) in [5, 5.41) is 16.7. The summed E-state index contributed by atoms with van der Waals surface area (Å²) >= 11 is 0. The third-order valence-corrected chi connectivity index (χ3v) is 3.92. The molecule has 1 aromatic carbocycles. The summed E-state index contributed by atoms with van der Waals surface area (Å²) in [6, 6.07) is 9.74. The first kappa shape index (κ1) is 17.2. The van der Waals surface area contributed by atoms with Crippen LogP contribution in [0.15, 0.2) is 34.9 Å². The molecule has 2 rings (SSSR count). The van der Waals surface area contributed by atoms with Crippen LogP contribution in [-0.2, 0) is 11.2 Å². The largest absolute Gasteiger partial charge is 0.391 e. The molecule has 124 valence electrons. The molecule has 1 aromatic heterocycles. The molecule has 5 nitrogen and oxygen atoms in total. The molecule has 0 saturated heterocycles. The second-order valence-electron chi connectivity index (χ2n) is 5.99. The fourth-order valence-corrected chi connectivity index (χ4v) is 2.84. The number of nitrogens with zero attached hydrogens (tertiary/aromatic N) is 1. The van der Waals surface area contributed by atoms with Crippen molar-refractivity contribution in [3.8, 4) is 0 Å². The van der Waals surface area contributed by atoms with Crippen molar-refractivity contribution >= 4 is 5.91 Å². The zero-order chi connectivity index (χ0) is 16.8. The normalized spacial score (nSPS) is 13.6. The van der Waals surface area contributed by atoms with Crippen molar-refractivity contribution in [3.05, 3.63) is 52.9 Å². The molecule has 0 bridgehead atoms. The first-order valence-electron chi connectivity index (χ1n) is 7.88. The molecule has 1 amide bonds. The number of carbonyl (C=O) groups excluding carboxylic acids is 1. The van der Waals surface area contributed by atoms with E-state index in [0.717, 1.165) is 22.6 Å². The van der Waals surface area contributed by atoms with Gasteiger partial charge in [-0.1, -0.05) is 42.4 Å². The number of hydrogen-bond acceptors (Lipinski definition) is 4. The lowest BCUT2D eigenvalue weighted by molar-refractivity contribution is -0.121. The fourth-order valence-electron chi connectivity index (χ4n) is 2.84. The second kappa shape index (κ2) is 7.92. The molecule has 0 aliphatic heterocycles. The molecule has 5 heteroatoms. The number of aromatic nitrogens is 1. The zero-order valence-electron chi connectivity index (χ0n) is 13.9. The average molecular weight is 316 g/mol. The molecule has 0 aliphatic rings. The van der Waals surface area contributed by atoms with Gasteiger partial charge in [0, 0.05) is 24.9 Å². The topological polar surface area (TPSA) is 75.4 Å². The van der Waals surface area contributed by atoms with E-state index in [0.29, 0.717) is 12.8 Å². The van der Waals surface area contributed by atoms with Crippen LogP contribution in [0.3, 0.4) is 0 Å². The second-order valence-corrected chi connectivity index (χ2v) is 5.99. The number of nitrogens with one attached hydrogen (secondary N) is 1. The molecule has 2 aromatic rings. The highest BCUT2D eigenvalue weighted by molar-refractivity contribution is 5.76. The van der Waals surface area contributed by atoms with Gasteiger partial charge in [-0.25, -0.2) is 0 Å². The van der Waals surface area contributed by atoms with Gasteiger partial charge in [-0.3, -0.25) is 4.79 Å². The van der Waals surface area contributed by atoms with Crippen LogP contribution in [-0.4, -0.2) is 28.8 Å². The molecule has 23 heavy (non-hydrogen) atoms. The van der Waals surface area contributed by atoms with Gasteiger partial charge in [0.05, 0.1) is 11.8 Å². The standard InChI is InChI=1S/C18H24N2O3/c1-12(18-13(2)20-23-14(18)3)9-17(22)19-11-16(21)10-15-7-5-4-6-8-15/h4-8,12,16,21H,9-11H2,1-3H3,(H,19,22). The lowest BCUT2D eigenvalue weighted by atomic mass is 9.96. The van der Waals surface area contributed by atoms with Crippen molar-refractivity contribution in [1.29, 1.82) is 0 Å². The summed E-state index contributed by atoms with van der Waals surface area (Å²) in [5.41, 5.74) is 2.87.